The van der Waals surface area contributed by atoms with E-state index in [-0.39, 0.29) is 5.91 Å². The molecule has 2 nitrogen and oxygen atoms in total. The average Bonchev–Trinajstić information content (AvgIpc) is 2.01. The van der Waals surface area contributed by atoms with Crippen LogP contribution in [0.1, 0.15) is 13.8 Å². The van der Waals surface area contributed by atoms with Gasteiger partial charge in [-0.3, -0.25) is 4.79 Å². The zero-order chi connectivity index (χ0) is 9.40. The number of amides is 1. The van der Waals surface area contributed by atoms with Crippen LogP contribution in [0.2, 0.25) is 0 Å². The Labute approximate surface area is 78.8 Å². The van der Waals surface area contributed by atoms with Gasteiger partial charge in [-0.05, 0) is 5.92 Å². The third kappa shape index (κ3) is 7.66. The maximum absolute atomic E-state index is 11.1. The molecule has 0 saturated carbocycles. The Bertz CT molecular complexity index is 145. The van der Waals surface area contributed by atoms with Gasteiger partial charge in [0, 0.05) is 12.3 Å². The lowest BCUT2D eigenvalue weighted by atomic mass is 10.2. The van der Waals surface area contributed by atoms with Crippen molar-refractivity contribution in [2.45, 2.75) is 13.8 Å². The minimum absolute atomic E-state index is 0.121. The van der Waals surface area contributed by atoms with Gasteiger partial charge in [0.2, 0.25) is 5.91 Å². The van der Waals surface area contributed by atoms with Crippen LogP contribution in [-0.2, 0) is 4.79 Å². The highest BCUT2D eigenvalue weighted by molar-refractivity contribution is 8.00. The quantitative estimate of drug-likeness (QED) is 0.506. The lowest BCUT2D eigenvalue weighted by molar-refractivity contribution is -0.118. The fourth-order valence-corrected chi connectivity index (χ4v) is 1.18. The zero-order valence-corrected chi connectivity index (χ0v) is 8.62. The maximum Gasteiger partial charge on any atom is 0.230 e. The molecular formula is C9H17NOS. The van der Waals surface area contributed by atoms with Crippen molar-refractivity contribution in [2.24, 2.45) is 5.92 Å². The topological polar surface area (TPSA) is 29.1 Å². The first-order chi connectivity index (χ1) is 5.66. The lowest BCUT2D eigenvalue weighted by Crippen LogP contribution is -2.28. The summed E-state index contributed by atoms with van der Waals surface area (Å²) in [6.45, 7) is 8.51. The molecule has 70 valence electrons. The first-order valence-corrected chi connectivity index (χ1v) is 5.27. The summed E-state index contributed by atoms with van der Waals surface area (Å²) < 4.78 is 0. The van der Waals surface area contributed by atoms with Crippen molar-refractivity contribution in [1.29, 1.82) is 0 Å². The molecule has 0 aromatic rings. The van der Waals surface area contributed by atoms with Crippen LogP contribution in [0.5, 0.6) is 0 Å². The monoisotopic (exact) mass is 187 g/mol. The summed E-state index contributed by atoms with van der Waals surface area (Å²) >= 11 is 1.58. The second-order valence-corrected chi connectivity index (χ2v) is 4.03. The summed E-state index contributed by atoms with van der Waals surface area (Å²) in [6, 6.07) is 0. The average molecular weight is 187 g/mol. The normalized spacial score (nSPS) is 9.92. The summed E-state index contributed by atoms with van der Waals surface area (Å²) in [6.07, 6.45) is 1.81. The fraction of sp³-hybridized carbons (Fsp3) is 0.667. The van der Waals surface area contributed by atoms with E-state index in [2.05, 4.69) is 25.7 Å². The number of carbonyl (C=O) groups excluding carboxylic acids is 1. The van der Waals surface area contributed by atoms with Gasteiger partial charge in [-0.1, -0.05) is 19.9 Å². The molecule has 0 bridgehead atoms. The van der Waals surface area contributed by atoms with E-state index in [4.69, 9.17) is 0 Å². The van der Waals surface area contributed by atoms with Crippen molar-refractivity contribution in [2.75, 3.05) is 18.1 Å². The molecule has 1 amide bonds. The number of hydrogen-bond donors (Lipinski definition) is 1. The van der Waals surface area contributed by atoms with Crippen LogP contribution in [0.25, 0.3) is 0 Å². The van der Waals surface area contributed by atoms with E-state index >= 15 is 0 Å². The summed E-state index contributed by atoms with van der Waals surface area (Å²) in [4.78, 5) is 11.1. The highest BCUT2D eigenvalue weighted by Gasteiger charge is 2.00. The molecule has 0 saturated heterocycles. The van der Waals surface area contributed by atoms with Gasteiger partial charge in [0.05, 0.1) is 5.75 Å². The van der Waals surface area contributed by atoms with Gasteiger partial charge in [0.15, 0.2) is 0 Å². The molecule has 0 unspecified atom stereocenters. The number of carbonyl (C=O) groups is 1. The Balaban J connectivity index is 3.27. The van der Waals surface area contributed by atoms with Crippen molar-refractivity contribution in [3.63, 3.8) is 0 Å². The van der Waals surface area contributed by atoms with Crippen molar-refractivity contribution < 1.29 is 4.79 Å². The lowest BCUT2D eigenvalue weighted by Gasteiger charge is -2.06. The highest BCUT2D eigenvalue weighted by atomic mass is 32.2. The number of rotatable bonds is 6. The smallest absolute Gasteiger partial charge is 0.230 e. The van der Waals surface area contributed by atoms with E-state index in [1.165, 1.54) is 0 Å². The molecule has 0 aliphatic carbocycles. The van der Waals surface area contributed by atoms with Crippen molar-refractivity contribution in [1.82, 2.24) is 5.32 Å². The predicted octanol–water partition coefficient (Wildman–Crippen LogP) is 1.68. The minimum atomic E-state index is 0.121. The van der Waals surface area contributed by atoms with Gasteiger partial charge in [-0.15, -0.1) is 18.3 Å². The molecule has 0 heterocycles. The highest BCUT2D eigenvalue weighted by Crippen LogP contribution is 1.98. The Morgan fingerprint density at radius 1 is 1.67 bits per heavy atom. The molecule has 0 radical (unpaired) electrons. The molecule has 0 aliphatic rings. The van der Waals surface area contributed by atoms with Crippen LogP contribution in [0.3, 0.4) is 0 Å². The van der Waals surface area contributed by atoms with Gasteiger partial charge in [0.1, 0.15) is 0 Å². The summed E-state index contributed by atoms with van der Waals surface area (Å²) in [5, 5.41) is 2.85. The van der Waals surface area contributed by atoms with E-state index in [0.29, 0.717) is 11.7 Å². The van der Waals surface area contributed by atoms with Crippen LogP contribution < -0.4 is 5.32 Å². The molecule has 3 heteroatoms. The van der Waals surface area contributed by atoms with Crippen LogP contribution in [0.15, 0.2) is 12.7 Å². The van der Waals surface area contributed by atoms with E-state index in [1.54, 1.807) is 17.8 Å². The summed E-state index contributed by atoms with van der Waals surface area (Å²) in [5.41, 5.74) is 0. The molecule has 0 spiro atoms. The number of thioether (sulfide) groups is 1. The van der Waals surface area contributed by atoms with Gasteiger partial charge in [0.25, 0.3) is 0 Å². The second kappa shape index (κ2) is 7.22. The molecule has 0 atom stereocenters. The van der Waals surface area contributed by atoms with Crippen LogP contribution in [-0.4, -0.2) is 24.0 Å². The van der Waals surface area contributed by atoms with Crippen molar-refractivity contribution in [3.05, 3.63) is 12.7 Å². The molecule has 0 rings (SSSR count). The first kappa shape index (κ1) is 11.6. The summed E-state index contributed by atoms with van der Waals surface area (Å²) in [7, 11) is 0. The van der Waals surface area contributed by atoms with Crippen LogP contribution in [0.4, 0.5) is 0 Å². The van der Waals surface area contributed by atoms with Gasteiger partial charge < -0.3 is 5.32 Å². The van der Waals surface area contributed by atoms with Gasteiger partial charge in [-0.25, -0.2) is 0 Å². The van der Waals surface area contributed by atoms with Crippen LogP contribution in [0, 0.1) is 5.92 Å². The van der Waals surface area contributed by atoms with Crippen molar-refractivity contribution in [3.8, 4) is 0 Å². The largest absolute Gasteiger partial charge is 0.355 e. The fourth-order valence-electron chi connectivity index (χ4n) is 0.604. The molecule has 0 aromatic heterocycles. The van der Waals surface area contributed by atoms with E-state index in [0.717, 1.165) is 12.3 Å². The Morgan fingerprint density at radius 2 is 2.33 bits per heavy atom. The Hall–Kier alpha value is -0.440. The minimum Gasteiger partial charge on any atom is -0.355 e. The zero-order valence-electron chi connectivity index (χ0n) is 7.80. The molecular weight excluding hydrogens is 170 g/mol. The number of hydrogen-bond acceptors (Lipinski definition) is 2. The Kier molecular flexibility index (Phi) is 6.96. The second-order valence-electron chi connectivity index (χ2n) is 3.00. The molecule has 0 fully saturated rings. The third-order valence-electron chi connectivity index (χ3n) is 1.18. The van der Waals surface area contributed by atoms with E-state index < -0.39 is 0 Å². The standard InChI is InChI=1S/C9H17NOS/c1-4-5-12-7-9(11)10-6-8(2)3/h4,8H,1,5-7H2,2-3H3,(H,10,11). The Morgan fingerprint density at radius 3 is 2.83 bits per heavy atom. The van der Waals surface area contributed by atoms with Crippen molar-refractivity contribution >= 4 is 17.7 Å². The molecule has 0 aromatic carbocycles. The molecule has 12 heavy (non-hydrogen) atoms. The predicted molar refractivity (Wildman–Crippen MR) is 55.4 cm³/mol. The van der Waals surface area contributed by atoms with Crippen LogP contribution >= 0.6 is 11.8 Å². The van der Waals surface area contributed by atoms with Gasteiger partial charge in [-0.2, -0.15) is 0 Å². The number of nitrogens with one attached hydrogen (secondary N) is 1. The SMILES string of the molecule is C=CCSCC(=O)NCC(C)C. The van der Waals surface area contributed by atoms with E-state index in [9.17, 15) is 4.79 Å². The third-order valence-corrected chi connectivity index (χ3v) is 2.11. The van der Waals surface area contributed by atoms with E-state index in [1.807, 2.05) is 0 Å². The molecule has 1 N–H and O–H groups in total. The maximum atomic E-state index is 11.1. The summed E-state index contributed by atoms with van der Waals surface area (Å²) in [5.74, 6) is 2.03. The molecule has 0 aliphatic heterocycles. The van der Waals surface area contributed by atoms with Gasteiger partial charge >= 0.3 is 0 Å². The first-order valence-electron chi connectivity index (χ1n) is 4.12.